The SMILES string of the molecule is CSCc1nc(CCNC(=O)C2CCN(CC(N)=O)CC2)cs1. The van der Waals surface area contributed by atoms with Crippen molar-refractivity contribution < 1.29 is 9.59 Å². The van der Waals surface area contributed by atoms with Gasteiger partial charge >= 0.3 is 0 Å². The molecule has 1 aliphatic heterocycles. The molecule has 3 N–H and O–H groups in total. The summed E-state index contributed by atoms with van der Waals surface area (Å²) in [6.07, 6.45) is 4.41. The summed E-state index contributed by atoms with van der Waals surface area (Å²) in [5.74, 6) is 0.794. The van der Waals surface area contributed by atoms with Crippen LogP contribution in [0.3, 0.4) is 0 Å². The maximum Gasteiger partial charge on any atom is 0.231 e. The predicted octanol–water partition coefficient (Wildman–Crippen LogP) is 0.862. The quantitative estimate of drug-likeness (QED) is 0.721. The topological polar surface area (TPSA) is 88.3 Å². The highest BCUT2D eigenvalue weighted by Gasteiger charge is 2.25. The molecule has 0 unspecified atom stereocenters. The van der Waals surface area contributed by atoms with Crippen molar-refractivity contribution in [2.75, 3.05) is 32.4 Å². The van der Waals surface area contributed by atoms with E-state index >= 15 is 0 Å². The molecule has 0 radical (unpaired) electrons. The lowest BCUT2D eigenvalue weighted by Gasteiger charge is -2.30. The van der Waals surface area contributed by atoms with E-state index < -0.39 is 0 Å². The molecule has 1 aliphatic rings. The van der Waals surface area contributed by atoms with Crippen LogP contribution < -0.4 is 11.1 Å². The third-order valence-electron chi connectivity index (χ3n) is 3.89. The standard InChI is InChI=1S/C15H24N4O2S2/c1-22-10-14-18-12(9-23-14)2-5-17-15(21)11-3-6-19(7-4-11)8-13(16)20/h9,11H,2-8,10H2,1H3,(H2,16,20)(H,17,21). The summed E-state index contributed by atoms with van der Waals surface area (Å²) in [7, 11) is 0. The van der Waals surface area contributed by atoms with E-state index in [1.54, 1.807) is 23.1 Å². The zero-order chi connectivity index (χ0) is 16.7. The molecular formula is C15H24N4O2S2. The number of hydrogen-bond acceptors (Lipinski definition) is 6. The summed E-state index contributed by atoms with van der Waals surface area (Å²) in [4.78, 5) is 29.6. The lowest BCUT2D eigenvalue weighted by molar-refractivity contribution is -0.126. The summed E-state index contributed by atoms with van der Waals surface area (Å²) < 4.78 is 0. The summed E-state index contributed by atoms with van der Waals surface area (Å²) in [6, 6.07) is 0. The van der Waals surface area contributed by atoms with Crippen molar-refractivity contribution in [2.45, 2.75) is 25.0 Å². The molecule has 2 rings (SSSR count). The molecule has 0 bridgehead atoms. The Morgan fingerprint density at radius 3 is 2.87 bits per heavy atom. The smallest absolute Gasteiger partial charge is 0.231 e. The van der Waals surface area contributed by atoms with E-state index in [1.165, 1.54) is 0 Å². The van der Waals surface area contributed by atoms with E-state index in [0.29, 0.717) is 6.54 Å². The van der Waals surface area contributed by atoms with Crippen LogP contribution in [0, 0.1) is 5.92 Å². The van der Waals surface area contributed by atoms with Gasteiger partial charge in [0.15, 0.2) is 0 Å². The normalized spacial score (nSPS) is 16.4. The number of primary amides is 1. The molecule has 1 saturated heterocycles. The van der Waals surface area contributed by atoms with Gasteiger partial charge in [0.1, 0.15) is 5.01 Å². The van der Waals surface area contributed by atoms with Gasteiger partial charge in [0.05, 0.1) is 12.2 Å². The van der Waals surface area contributed by atoms with Crippen LogP contribution in [0.2, 0.25) is 0 Å². The zero-order valence-electron chi connectivity index (χ0n) is 13.4. The number of rotatable bonds is 8. The van der Waals surface area contributed by atoms with Crippen LogP contribution in [-0.2, 0) is 21.8 Å². The molecule has 0 saturated carbocycles. The average Bonchev–Trinajstić information content (AvgIpc) is 2.95. The number of nitrogens with one attached hydrogen (secondary N) is 1. The highest BCUT2D eigenvalue weighted by molar-refractivity contribution is 7.97. The van der Waals surface area contributed by atoms with Crippen LogP contribution in [0.15, 0.2) is 5.38 Å². The number of thiazole rings is 1. The molecule has 6 nitrogen and oxygen atoms in total. The molecule has 0 aliphatic carbocycles. The maximum atomic E-state index is 12.2. The van der Waals surface area contributed by atoms with Gasteiger partial charge in [0.25, 0.3) is 0 Å². The first-order valence-corrected chi connectivity index (χ1v) is 10.1. The van der Waals surface area contributed by atoms with Gasteiger partial charge in [0.2, 0.25) is 11.8 Å². The van der Waals surface area contributed by atoms with Crippen LogP contribution in [0.1, 0.15) is 23.5 Å². The van der Waals surface area contributed by atoms with Gasteiger partial charge in [-0.2, -0.15) is 11.8 Å². The number of thioether (sulfide) groups is 1. The second-order valence-corrected chi connectivity index (χ2v) is 7.53. The molecule has 0 aromatic carbocycles. The van der Waals surface area contributed by atoms with Crippen molar-refractivity contribution in [1.29, 1.82) is 0 Å². The van der Waals surface area contributed by atoms with Crippen LogP contribution in [0.5, 0.6) is 0 Å². The number of likely N-dealkylation sites (tertiary alicyclic amines) is 1. The van der Waals surface area contributed by atoms with Crippen molar-refractivity contribution in [2.24, 2.45) is 11.7 Å². The van der Waals surface area contributed by atoms with Crippen molar-refractivity contribution in [3.8, 4) is 0 Å². The largest absolute Gasteiger partial charge is 0.369 e. The maximum absolute atomic E-state index is 12.2. The van der Waals surface area contributed by atoms with Crippen molar-refractivity contribution in [3.05, 3.63) is 16.1 Å². The second kappa shape index (κ2) is 9.24. The fourth-order valence-corrected chi connectivity index (χ4v) is 4.24. The molecule has 8 heteroatoms. The Balaban J connectivity index is 1.66. The Kier molecular flexibility index (Phi) is 7.32. The molecule has 1 aromatic heterocycles. The summed E-state index contributed by atoms with van der Waals surface area (Å²) in [5.41, 5.74) is 6.24. The number of carbonyl (C=O) groups is 2. The van der Waals surface area contributed by atoms with Gasteiger partial charge < -0.3 is 11.1 Å². The van der Waals surface area contributed by atoms with Crippen LogP contribution in [0.25, 0.3) is 0 Å². The molecule has 23 heavy (non-hydrogen) atoms. The summed E-state index contributed by atoms with van der Waals surface area (Å²) >= 11 is 3.44. The van der Waals surface area contributed by atoms with Crippen molar-refractivity contribution in [3.63, 3.8) is 0 Å². The van der Waals surface area contributed by atoms with Crippen molar-refractivity contribution in [1.82, 2.24) is 15.2 Å². The van der Waals surface area contributed by atoms with Crippen LogP contribution in [0.4, 0.5) is 0 Å². The average molecular weight is 357 g/mol. The number of aromatic nitrogens is 1. The minimum Gasteiger partial charge on any atom is -0.369 e. The lowest BCUT2D eigenvalue weighted by atomic mass is 9.96. The van der Waals surface area contributed by atoms with Gasteiger partial charge in [-0.3, -0.25) is 14.5 Å². The number of carbonyl (C=O) groups excluding carboxylic acids is 2. The Hall–Kier alpha value is -1.12. The molecule has 128 valence electrons. The number of amides is 2. The van der Waals surface area contributed by atoms with Gasteiger partial charge in [-0.25, -0.2) is 4.98 Å². The minimum atomic E-state index is -0.308. The second-order valence-electron chi connectivity index (χ2n) is 5.72. The molecule has 2 amide bonds. The fraction of sp³-hybridized carbons (Fsp3) is 0.667. The summed E-state index contributed by atoms with van der Waals surface area (Å²) in [6.45, 7) is 2.43. The minimum absolute atomic E-state index is 0.0432. The Morgan fingerprint density at radius 2 is 2.22 bits per heavy atom. The van der Waals surface area contributed by atoms with E-state index in [0.717, 1.165) is 48.8 Å². The van der Waals surface area contributed by atoms with E-state index in [2.05, 4.69) is 21.9 Å². The lowest BCUT2D eigenvalue weighted by Crippen LogP contribution is -2.43. The number of hydrogen-bond donors (Lipinski definition) is 2. The Morgan fingerprint density at radius 1 is 1.48 bits per heavy atom. The van der Waals surface area contributed by atoms with Crippen LogP contribution >= 0.6 is 23.1 Å². The van der Waals surface area contributed by atoms with Gasteiger partial charge in [-0.05, 0) is 32.2 Å². The fourth-order valence-electron chi connectivity index (χ4n) is 2.69. The number of piperidine rings is 1. The molecule has 1 aromatic rings. The highest BCUT2D eigenvalue weighted by Crippen LogP contribution is 2.17. The summed E-state index contributed by atoms with van der Waals surface area (Å²) in [5, 5.41) is 6.22. The highest BCUT2D eigenvalue weighted by atomic mass is 32.2. The van der Waals surface area contributed by atoms with E-state index in [4.69, 9.17) is 5.73 Å². The first-order chi connectivity index (χ1) is 11.1. The van der Waals surface area contributed by atoms with E-state index in [9.17, 15) is 9.59 Å². The zero-order valence-corrected chi connectivity index (χ0v) is 15.0. The number of nitrogens with zero attached hydrogens (tertiary/aromatic N) is 2. The molecular weight excluding hydrogens is 332 g/mol. The molecule has 0 atom stereocenters. The van der Waals surface area contributed by atoms with Gasteiger partial charge in [-0.1, -0.05) is 0 Å². The molecule has 1 fully saturated rings. The predicted molar refractivity (Wildman–Crippen MR) is 94.4 cm³/mol. The monoisotopic (exact) mass is 356 g/mol. The molecule has 2 heterocycles. The van der Waals surface area contributed by atoms with E-state index in [1.807, 2.05) is 4.90 Å². The van der Waals surface area contributed by atoms with Gasteiger partial charge in [-0.15, -0.1) is 11.3 Å². The Labute approximate surface area is 145 Å². The first kappa shape index (κ1) is 18.2. The van der Waals surface area contributed by atoms with Crippen molar-refractivity contribution >= 4 is 34.9 Å². The van der Waals surface area contributed by atoms with Gasteiger partial charge in [0, 0.05) is 30.0 Å². The first-order valence-electron chi connectivity index (χ1n) is 7.79. The Bertz CT molecular complexity index is 527. The number of nitrogens with two attached hydrogens (primary N) is 1. The molecule has 0 spiro atoms. The van der Waals surface area contributed by atoms with Crippen LogP contribution in [-0.4, -0.2) is 54.1 Å². The van der Waals surface area contributed by atoms with E-state index in [-0.39, 0.29) is 24.3 Å². The third-order valence-corrected chi connectivity index (χ3v) is 5.53. The third kappa shape index (κ3) is 6.12.